The summed E-state index contributed by atoms with van der Waals surface area (Å²) in [6.07, 6.45) is 0.119. The first-order valence-corrected chi connectivity index (χ1v) is 7.88. The molecule has 2 rings (SSSR count). The van der Waals surface area contributed by atoms with E-state index < -0.39 is 18.2 Å². The minimum absolute atomic E-state index is 0.391. The summed E-state index contributed by atoms with van der Waals surface area (Å²) in [5, 5.41) is 3.90. The predicted octanol–water partition coefficient (Wildman–Crippen LogP) is -0.0791. The Morgan fingerprint density at radius 1 is 1.26 bits per heavy atom. The molecule has 2 saturated heterocycles. The van der Waals surface area contributed by atoms with Crippen molar-refractivity contribution in [1.82, 2.24) is 20.2 Å². The molecule has 132 valence electrons. The highest BCUT2D eigenvalue weighted by Gasteiger charge is 2.31. The predicted molar refractivity (Wildman–Crippen MR) is 82.8 cm³/mol. The largest absolute Gasteiger partial charge is 0.434 e. The van der Waals surface area contributed by atoms with E-state index in [-0.39, 0.29) is 0 Å². The SMILES string of the molecule is CC.CN(OC(=O)N1CCOCC1)C(=O)N1CCNCC1C=O. The summed E-state index contributed by atoms with van der Waals surface area (Å²) in [5.41, 5.74) is 0. The lowest BCUT2D eigenvalue weighted by molar-refractivity contribution is -0.113. The van der Waals surface area contributed by atoms with Gasteiger partial charge in [-0.2, -0.15) is 5.06 Å². The van der Waals surface area contributed by atoms with Crippen LogP contribution in [0.15, 0.2) is 0 Å². The van der Waals surface area contributed by atoms with Gasteiger partial charge in [-0.3, -0.25) is 0 Å². The number of ether oxygens (including phenoxy) is 1. The molecule has 3 amide bonds. The number of hydrogen-bond acceptors (Lipinski definition) is 6. The van der Waals surface area contributed by atoms with Crippen molar-refractivity contribution >= 4 is 18.4 Å². The van der Waals surface area contributed by atoms with E-state index in [1.807, 2.05) is 13.8 Å². The summed E-state index contributed by atoms with van der Waals surface area (Å²) in [4.78, 5) is 43.0. The number of morpholine rings is 1. The minimum Gasteiger partial charge on any atom is -0.378 e. The Bertz CT molecular complexity index is 401. The molecule has 1 N–H and O–H groups in total. The molecule has 2 heterocycles. The Kier molecular flexibility index (Phi) is 8.35. The van der Waals surface area contributed by atoms with Gasteiger partial charge in [0, 0.05) is 32.7 Å². The first kappa shape index (κ1) is 19.2. The first-order chi connectivity index (χ1) is 11.1. The molecule has 1 unspecified atom stereocenters. The molecule has 2 aliphatic rings. The minimum atomic E-state index is -0.591. The molecule has 0 bridgehead atoms. The van der Waals surface area contributed by atoms with Crippen molar-refractivity contribution in [2.45, 2.75) is 19.9 Å². The molecule has 1 atom stereocenters. The van der Waals surface area contributed by atoms with Crippen LogP contribution in [0.4, 0.5) is 9.59 Å². The fourth-order valence-corrected chi connectivity index (χ4v) is 2.23. The maximum Gasteiger partial charge on any atom is 0.434 e. The normalized spacial score (nSPS) is 20.9. The lowest BCUT2D eigenvalue weighted by atomic mass is 10.2. The van der Waals surface area contributed by atoms with Crippen LogP contribution < -0.4 is 5.32 Å². The number of nitrogens with one attached hydrogen (secondary N) is 1. The van der Waals surface area contributed by atoms with Crippen molar-refractivity contribution in [2.75, 3.05) is 53.0 Å². The maximum absolute atomic E-state index is 12.2. The second-order valence-electron chi connectivity index (χ2n) is 4.84. The Labute approximate surface area is 136 Å². The molecule has 0 spiro atoms. The second kappa shape index (κ2) is 10.0. The molecule has 0 aromatic carbocycles. The number of aldehydes is 1. The molecule has 9 nitrogen and oxygen atoms in total. The van der Waals surface area contributed by atoms with Gasteiger partial charge in [-0.25, -0.2) is 9.59 Å². The smallest absolute Gasteiger partial charge is 0.378 e. The summed E-state index contributed by atoms with van der Waals surface area (Å²) in [5.74, 6) is 0. The van der Waals surface area contributed by atoms with Crippen molar-refractivity contribution in [2.24, 2.45) is 0 Å². The van der Waals surface area contributed by atoms with E-state index in [4.69, 9.17) is 9.57 Å². The van der Waals surface area contributed by atoms with E-state index in [0.717, 1.165) is 5.06 Å². The Balaban J connectivity index is 0.00000127. The van der Waals surface area contributed by atoms with E-state index >= 15 is 0 Å². The summed E-state index contributed by atoms with van der Waals surface area (Å²) in [7, 11) is 1.37. The zero-order valence-electron chi connectivity index (χ0n) is 14.0. The standard InChI is InChI=1S/C12H20N4O5.C2H6/c1-14(21-12(19)15-4-6-20-7-5-15)11(18)16-3-2-13-8-10(16)9-17;1-2/h9-10,13H,2-8H2,1H3;1-2H3. The van der Waals surface area contributed by atoms with E-state index in [9.17, 15) is 14.4 Å². The van der Waals surface area contributed by atoms with Gasteiger partial charge in [-0.1, -0.05) is 13.8 Å². The second-order valence-corrected chi connectivity index (χ2v) is 4.84. The number of urea groups is 1. The van der Waals surface area contributed by atoms with Crippen molar-refractivity contribution in [3.63, 3.8) is 0 Å². The number of carbonyl (C=O) groups is 3. The quantitative estimate of drug-likeness (QED) is 0.534. The zero-order chi connectivity index (χ0) is 17.2. The molecule has 2 fully saturated rings. The van der Waals surface area contributed by atoms with Gasteiger partial charge in [0.25, 0.3) is 0 Å². The van der Waals surface area contributed by atoms with E-state index in [1.165, 1.54) is 16.8 Å². The summed E-state index contributed by atoms with van der Waals surface area (Å²) in [6, 6.07) is -1.05. The van der Waals surface area contributed by atoms with Crippen LogP contribution in [0.25, 0.3) is 0 Å². The van der Waals surface area contributed by atoms with Gasteiger partial charge in [0.05, 0.1) is 20.3 Å². The number of amides is 3. The molecule has 0 aliphatic carbocycles. The number of carbonyl (C=O) groups excluding carboxylic acids is 3. The van der Waals surface area contributed by atoms with Crippen LogP contribution in [0.2, 0.25) is 0 Å². The molecule has 0 saturated carbocycles. The van der Waals surface area contributed by atoms with Crippen LogP contribution in [0.3, 0.4) is 0 Å². The van der Waals surface area contributed by atoms with E-state index in [1.54, 1.807) is 0 Å². The summed E-state index contributed by atoms with van der Waals surface area (Å²) < 4.78 is 5.14. The third kappa shape index (κ3) is 5.36. The number of nitrogens with zero attached hydrogens (tertiary/aromatic N) is 3. The average molecular weight is 330 g/mol. The lowest BCUT2D eigenvalue weighted by Gasteiger charge is -2.35. The van der Waals surface area contributed by atoms with Crippen molar-refractivity contribution in [3.8, 4) is 0 Å². The molecule has 9 heteroatoms. The molecule has 0 radical (unpaired) electrons. The van der Waals surface area contributed by atoms with E-state index in [0.29, 0.717) is 52.2 Å². The Hall–Kier alpha value is -1.87. The van der Waals surface area contributed by atoms with Crippen LogP contribution in [0.1, 0.15) is 13.8 Å². The zero-order valence-corrected chi connectivity index (χ0v) is 14.0. The highest BCUT2D eigenvalue weighted by Crippen LogP contribution is 2.08. The average Bonchev–Trinajstić information content (AvgIpc) is 2.63. The molecular formula is C14H26N4O5. The van der Waals surface area contributed by atoms with Crippen LogP contribution in [-0.4, -0.2) is 92.3 Å². The van der Waals surface area contributed by atoms with Gasteiger partial charge in [-0.05, 0) is 0 Å². The molecule has 2 aliphatic heterocycles. The number of piperazine rings is 1. The summed E-state index contributed by atoms with van der Waals surface area (Å²) >= 11 is 0. The molecule has 0 aromatic rings. The Morgan fingerprint density at radius 2 is 1.91 bits per heavy atom. The fourth-order valence-electron chi connectivity index (χ4n) is 2.23. The van der Waals surface area contributed by atoms with Crippen LogP contribution in [-0.2, 0) is 14.4 Å². The van der Waals surface area contributed by atoms with Crippen molar-refractivity contribution in [3.05, 3.63) is 0 Å². The van der Waals surface area contributed by atoms with Crippen LogP contribution in [0, 0.1) is 0 Å². The number of hydrogen-bond donors (Lipinski definition) is 1. The third-order valence-electron chi connectivity index (χ3n) is 3.44. The van der Waals surface area contributed by atoms with Crippen LogP contribution in [0.5, 0.6) is 0 Å². The van der Waals surface area contributed by atoms with Gasteiger partial charge in [0.15, 0.2) is 0 Å². The van der Waals surface area contributed by atoms with Gasteiger partial charge in [-0.15, -0.1) is 0 Å². The monoisotopic (exact) mass is 330 g/mol. The van der Waals surface area contributed by atoms with Crippen molar-refractivity contribution < 1.29 is 24.0 Å². The number of rotatable bonds is 1. The lowest BCUT2D eigenvalue weighted by Crippen LogP contribution is -2.57. The third-order valence-corrected chi connectivity index (χ3v) is 3.44. The molecule has 0 aromatic heterocycles. The maximum atomic E-state index is 12.2. The molecular weight excluding hydrogens is 304 g/mol. The van der Waals surface area contributed by atoms with Gasteiger partial charge in [0.1, 0.15) is 12.3 Å². The highest BCUT2D eigenvalue weighted by atomic mass is 16.7. The topological polar surface area (TPSA) is 91.4 Å². The Morgan fingerprint density at radius 3 is 2.52 bits per heavy atom. The highest BCUT2D eigenvalue weighted by molar-refractivity contribution is 5.79. The number of hydroxylamine groups is 2. The van der Waals surface area contributed by atoms with E-state index in [2.05, 4.69) is 5.32 Å². The fraction of sp³-hybridized carbons (Fsp3) is 0.786. The van der Waals surface area contributed by atoms with Gasteiger partial charge in [0.2, 0.25) is 0 Å². The van der Waals surface area contributed by atoms with Crippen LogP contribution >= 0.6 is 0 Å². The van der Waals surface area contributed by atoms with Gasteiger partial charge >= 0.3 is 12.1 Å². The first-order valence-electron chi connectivity index (χ1n) is 7.88. The molecule has 23 heavy (non-hydrogen) atoms. The summed E-state index contributed by atoms with van der Waals surface area (Å²) in [6.45, 7) is 7.18. The van der Waals surface area contributed by atoms with Crippen molar-refractivity contribution in [1.29, 1.82) is 0 Å². The van der Waals surface area contributed by atoms with Gasteiger partial charge < -0.3 is 29.5 Å².